The van der Waals surface area contributed by atoms with Crippen LogP contribution in [0.1, 0.15) is 40.0 Å². The highest BCUT2D eigenvalue weighted by Gasteiger charge is 2.39. The summed E-state index contributed by atoms with van der Waals surface area (Å²) in [5.74, 6) is -1.61. The second-order valence-electron chi connectivity index (χ2n) is 6.98. The van der Waals surface area contributed by atoms with Crippen molar-refractivity contribution < 1.29 is 24.2 Å². The lowest BCUT2D eigenvalue weighted by atomic mass is 10.0. The molecule has 7 nitrogen and oxygen atoms in total. The lowest BCUT2D eigenvalue weighted by Crippen LogP contribution is -2.48. The van der Waals surface area contributed by atoms with Gasteiger partial charge in [0.05, 0.1) is 5.92 Å². The van der Waals surface area contributed by atoms with Crippen molar-refractivity contribution in [2.75, 3.05) is 19.6 Å². The third-order valence-corrected chi connectivity index (χ3v) is 4.06. The average molecular weight is 312 g/mol. The van der Waals surface area contributed by atoms with E-state index in [2.05, 4.69) is 0 Å². The maximum absolute atomic E-state index is 12.0. The van der Waals surface area contributed by atoms with Gasteiger partial charge >= 0.3 is 12.1 Å². The van der Waals surface area contributed by atoms with E-state index in [1.807, 2.05) is 20.8 Å². The number of aliphatic carboxylic acids is 1. The van der Waals surface area contributed by atoms with Gasteiger partial charge < -0.3 is 19.6 Å². The first kappa shape index (κ1) is 16.6. The van der Waals surface area contributed by atoms with Gasteiger partial charge in [-0.1, -0.05) is 0 Å². The lowest BCUT2D eigenvalue weighted by Gasteiger charge is -2.37. The van der Waals surface area contributed by atoms with Crippen LogP contribution in [0, 0.1) is 5.92 Å². The minimum absolute atomic E-state index is 0.0236. The normalized spacial score (nSPS) is 23.8. The van der Waals surface area contributed by atoms with E-state index in [9.17, 15) is 14.4 Å². The van der Waals surface area contributed by atoms with Gasteiger partial charge in [0.2, 0.25) is 5.91 Å². The minimum Gasteiger partial charge on any atom is -0.481 e. The first-order chi connectivity index (χ1) is 10.2. The van der Waals surface area contributed by atoms with E-state index in [0.717, 1.165) is 0 Å². The van der Waals surface area contributed by atoms with Gasteiger partial charge in [-0.2, -0.15) is 0 Å². The highest BCUT2D eigenvalue weighted by molar-refractivity contribution is 5.86. The number of carboxylic acids is 1. The number of nitrogens with zero attached hydrogens (tertiary/aromatic N) is 2. The predicted octanol–water partition coefficient (Wildman–Crippen LogP) is 1.32. The summed E-state index contributed by atoms with van der Waals surface area (Å²) in [5, 5.41) is 9.02. The number of amides is 2. The zero-order chi connectivity index (χ0) is 16.5. The van der Waals surface area contributed by atoms with E-state index in [1.165, 1.54) is 0 Å². The third kappa shape index (κ3) is 3.90. The van der Waals surface area contributed by atoms with Crippen LogP contribution in [0.3, 0.4) is 0 Å². The first-order valence-electron chi connectivity index (χ1n) is 7.67. The zero-order valence-electron chi connectivity index (χ0n) is 13.4. The fraction of sp³-hybridized carbons (Fsp3) is 0.800. The Bertz CT molecular complexity index is 463. The smallest absolute Gasteiger partial charge is 0.410 e. The molecule has 0 unspecified atom stereocenters. The Hall–Kier alpha value is -1.79. The van der Waals surface area contributed by atoms with Gasteiger partial charge in [0, 0.05) is 32.1 Å². The molecule has 0 aromatic heterocycles. The van der Waals surface area contributed by atoms with Gasteiger partial charge in [-0.25, -0.2) is 4.79 Å². The molecule has 0 aromatic rings. The summed E-state index contributed by atoms with van der Waals surface area (Å²) in [4.78, 5) is 38.3. The number of hydrogen-bond acceptors (Lipinski definition) is 4. The van der Waals surface area contributed by atoms with Gasteiger partial charge in [-0.3, -0.25) is 9.59 Å². The molecular formula is C15H24N2O5. The van der Waals surface area contributed by atoms with Crippen LogP contribution in [0.4, 0.5) is 4.79 Å². The monoisotopic (exact) mass is 312 g/mol. The molecule has 2 saturated heterocycles. The number of carbonyl (C=O) groups is 3. The number of ether oxygens (including phenoxy) is 1. The fourth-order valence-corrected chi connectivity index (χ4v) is 2.94. The van der Waals surface area contributed by atoms with E-state index in [4.69, 9.17) is 9.84 Å². The molecule has 2 rings (SSSR count). The predicted molar refractivity (Wildman–Crippen MR) is 78.3 cm³/mol. The van der Waals surface area contributed by atoms with Crippen LogP contribution in [-0.4, -0.2) is 64.2 Å². The minimum atomic E-state index is -0.915. The topological polar surface area (TPSA) is 87.2 Å². The summed E-state index contributed by atoms with van der Waals surface area (Å²) in [6.07, 6.45) is 1.08. The summed E-state index contributed by atoms with van der Waals surface area (Å²) < 4.78 is 5.34. The Labute approximate surface area is 130 Å². The van der Waals surface area contributed by atoms with E-state index < -0.39 is 17.5 Å². The van der Waals surface area contributed by atoms with Crippen molar-refractivity contribution in [1.82, 2.24) is 9.80 Å². The van der Waals surface area contributed by atoms with Gasteiger partial charge in [-0.15, -0.1) is 0 Å². The van der Waals surface area contributed by atoms with Crippen LogP contribution >= 0.6 is 0 Å². The van der Waals surface area contributed by atoms with Crippen LogP contribution in [0.15, 0.2) is 0 Å². The maximum Gasteiger partial charge on any atom is 0.410 e. The van der Waals surface area contributed by atoms with Crippen molar-refractivity contribution in [3.05, 3.63) is 0 Å². The molecule has 0 spiro atoms. The van der Waals surface area contributed by atoms with E-state index in [1.54, 1.807) is 9.80 Å². The van der Waals surface area contributed by atoms with Gasteiger partial charge in [0.15, 0.2) is 0 Å². The lowest BCUT2D eigenvalue weighted by molar-refractivity contribution is -0.141. The molecule has 2 heterocycles. The highest BCUT2D eigenvalue weighted by atomic mass is 16.6. The molecular weight excluding hydrogens is 288 g/mol. The van der Waals surface area contributed by atoms with Crippen LogP contribution in [0.5, 0.6) is 0 Å². The first-order valence-corrected chi connectivity index (χ1v) is 7.67. The molecule has 2 aliphatic rings. The summed E-state index contributed by atoms with van der Waals surface area (Å²) in [6, 6.07) is 0.0236. The number of likely N-dealkylation sites (tertiary alicyclic amines) is 2. The van der Waals surface area contributed by atoms with Gasteiger partial charge in [-0.05, 0) is 33.6 Å². The molecule has 124 valence electrons. The third-order valence-electron chi connectivity index (χ3n) is 4.06. The van der Waals surface area contributed by atoms with Gasteiger partial charge in [0.1, 0.15) is 5.60 Å². The molecule has 2 aliphatic heterocycles. The summed E-state index contributed by atoms with van der Waals surface area (Å²) in [6.45, 7) is 6.82. The van der Waals surface area contributed by atoms with E-state index in [-0.39, 0.29) is 31.0 Å². The van der Waals surface area contributed by atoms with Crippen molar-refractivity contribution in [2.24, 2.45) is 5.92 Å². The summed E-state index contributed by atoms with van der Waals surface area (Å²) in [7, 11) is 0. The zero-order valence-corrected chi connectivity index (χ0v) is 13.4. The molecule has 22 heavy (non-hydrogen) atoms. The Morgan fingerprint density at radius 2 is 1.82 bits per heavy atom. The van der Waals surface area contributed by atoms with Crippen LogP contribution < -0.4 is 0 Å². The molecule has 0 bridgehead atoms. The molecule has 0 radical (unpaired) electrons. The van der Waals surface area contributed by atoms with E-state index in [0.29, 0.717) is 25.9 Å². The van der Waals surface area contributed by atoms with Crippen LogP contribution in [0.25, 0.3) is 0 Å². The highest BCUT2D eigenvalue weighted by Crippen LogP contribution is 2.26. The molecule has 0 saturated carbocycles. The van der Waals surface area contributed by atoms with Gasteiger partial charge in [0.25, 0.3) is 0 Å². The van der Waals surface area contributed by atoms with Crippen molar-refractivity contribution in [3.63, 3.8) is 0 Å². The van der Waals surface area contributed by atoms with E-state index >= 15 is 0 Å². The molecule has 1 N–H and O–H groups in total. The number of carbonyl (C=O) groups excluding carboxylic acids is 2. The SMILES string of the molecule is CC(C)(C)OC(=O)N1CCC(N2C[C@@H](C(=O)O)CC2=O)CC1. The maximum atomic E-state index is 12.0. The van der Waals surface area contributed by atoms with Crippen molar-refractivity contribution >= 4 is 18.0 Å². The average Bonchev–Trinajstić information content (AvgIpc) is 2.79. The molecule has 2 amide bonds. The number of rotatable bonds is 2. The Morgan fingerprint density at radius 1 is 1.23 bits per heavy atom. The number of piperidine rings is 1. The van der Waals surface area contributed by atoms with Crippen molar-refractivity contribution in [3.8, 4) is 0 Å². The molecule has 0 aromatic carbocycles. The largest absolute Gasteiger partial charge is 0.481 e. The van der Waals surface area contributed by atoms with Crippen molar-refractivity contribution in [2.45, 2.75) is 51.7 Å². The fourth-order valence-electron chi connectivity index (χ4n) is 2.94. The Balaban J connectivity index is 1.86. The summed E-state index contributed by atoms with van der Waals surface area (Å²) >= 11 is 0. The second kappa shape index (κ2) is 6.14. The molecule has 1 atom stereocenters. The van der Waals surface area contributed by atoms with Crippen LogP contribution in [-0.2, 0) is 14.3 Å². The standard InChI is InChI=1S/C15H24N2O5/c1-15(2,3)22-14(21)16-6-4-11(5-7-16)17-9-10(13(19)20)8-12(17)18/h10-11H,4-9H2,1-3H3,(H,19,20)/t10-/m0/s1. The van der Waals surface area contributed by atoms with Crippen LogP contribution in [0.2, 0.25) is 0 Å². The second-order valence-corrected chi connectivity index (χ2v) is 6.98. The summed E-state index contributed by atoms with van der Waals surface area (Å²) in [5.41, 5.74) is -0.520. The number of carboxylic acid groups (broad SMARTS) is 1. The van der Waals surface area contributed by atoms with Crippen molar-refractivity contribution in [1.29, 1.82) is 0 Å². The molecule has 0 aliphatic carbocycles. The molecule has 2 fully saturated rings. The Morgan fingerprint density at radius 3 is 2.27 bits per heavy atom. The molecule has 7 heteroatoms. The number of hydrogen-bond donors (Lipinski definition) is 1. The Kier molecular flexibility index (Phi) is 4.63. The quantitative estimate of drug-likeness (QED) is 0.831.